The minimum absolute atomic E-state index is 0.00557. The van der Waals surface area contributed by atoms with Crippen molar-refractivity contribution in [2.24, 2.45) is 0 Å². The Labute approximate surface area is 202 Å². The molecule has 2 aromatic rings. The van der Waals surface area contributed by atoms with Crippen LogP contribution in [0, 0.1) is 0 Å². The van der Waals surface area contributed by atoms with Crippen LogP contribution in [0.25, 0.3) is 0 Å². The van der Waals surface area contributed by atoms with Crippen molar-refractivity contribution in [3.8, 4) is 5.75 Å². The lowest BCUT2D eigenvalue weighted by Crippen LogP contribution is -2.54. The summed E-state index contributed by atoms with van der Waals surface area (Å²) in [5, 5.41) is 26.2. The number of aliphatic hydroxyl groups excluding tert-OH is 1. The van der Waals surface area contributed by atoms with Gasteiger partial charge in [-0.1, -0.05) is 42.5 Å². The lowest BCUT2D eigenvalue weighted by Gasteiger charge is -2.24. The summed E-state index contributed by atoms with van der Waals surface area (Å²) in [6, 6.07) is 11.8. The Morgan fingerprint density at radius 1 is 0.971 bits per heavy atom. The van der Waals surface area contributed by atoms with E-state index in [1.165, 1.54) is 31.2 Å². The summed E-state index contributed by atoms with van der Waals surface area (Å²) >= 11 is 0. The van der Waals surface area contributed by atoms with Gasteiger partial charge in [0.25, 0.3) is 10.1 Å². The number of amides is 3. The van der Waals surface area contributed by atoms with Gasteiger partial charge in [-0.3, -0.25) is 14.1 Å². The van der Waals surface area contributed by atoms with Crippen molar-refractivity contribution in [1.82, 2.24) is 16.0 Å². The number of ether oxygens (including phenoxy) is 1. The predicted molar refractivity (Wildman–Crippen MR) is 124 cm³/mol. The Balaban J connectivity index is 1.87. The monoisotopic (exact) mass is 509 g/mol. The first-order chi connectivity index (χ1) is 16.5. The summed E-state index contributed by atoms with van der Waals surface area (Å²) < 4.78 is 37.1. The Kier molecular flexibility index (Phi) is 9.99. The Morgan fingerprint density at radius 3 is 2.20 bits per heavy atom. The fourth-order valence-electron chi connectivity index (χ4n) is 2.91. The number of hydrogen-bond donors (Lipinski definition) is 6. The molecule has 2 aromatic carbocycles. The molecule has 3 amide bonds. The molecule has 0 fully saturated rings. The highest BCUT2D eigenvalue weighted by molar-refractivity contribution is 7.86. The van der Waals surface area contributed by atoms with E-state index in [1.54, 1.807) is 24.3 Å². The Morgan fingerprint density at radius 2 is 1.60 bits per heavy atom. The number of aliphatic hydroxyl groups is 1. The summed E-state index contributed by atoms with van der Waals surface area (Å²) in [6.45, 7) is 0.819. The molecule has 0 heterocycles. The highest BCUT2D eigenvalue weighted by Crippen LogP contribution is 2.14. The third-order valence-electron chi connectivity index (χ3n) is 4.75. The number of rotatable bonds is 11. The number of aromatic hydroxyl groups is 1. The van der Waals surface area contributed by atoms with Crippen LogP contribution in [-0.2, 0) is 37.5 Å². The van der Waals surface area contributed by atoms with E-state index in [0.29, 0.717) is 5.56 Å². The molecule has 6 N–H and O–H groups in total. The fourth-order valence-corrected chi connectivity index (χ4v) is 3.49. The van der Waals surface area contributed by atoms with Crippen LogP contribution < -0.4 is 16.0 Å². The highest BCUT2D eigenvalue weighted by Gasteiger charge is 2.32. The van der Waals surface area contributed by atoms with Crippen molar-refractivity contribution in [2.45, 2.75) is 37.5 Å². The van der Waals surface area contributed by atoms with Gasteiger partial charge in [0.1, 0.15) is 24.9 Å². The van der Waals surface area contributed by atoms with E-state index in [-0.39, 0.29) is 18.8 Å². The third kappa shape index (κ3) is 9.60. The molecule has 0 aromatic heterocycles. The molecule has 0 saturated heterocycles. The Hall–Kier alpha value is -3.68. The molecule has 0 aliphatic carbocycles. The molecular weight excluding hydrogens is 482 g/mol. The number of hydrogen-bond acceptors (Lipinski definition) is 8. The maximum Gasteiger partial charge on any atom is 0.407 e. The van der Waals surface area contributed by atoms with Gasteiger partial charge in [-0.2, -0.15) is 8.42 Å². The molecule has 0 spiro atoms. The van der Waals surface area contributed by atoms with Crippen LogP contribution >= 0.6 is 0 Å². The summed E-state index contributed by atoms with van der Waals surface area (Å²) in [5.41, 5.74) is -1.14. The van der Waals surface area contributed by atoms with Gasteiger partial charge in [-0.05, 0) is 36.6 Å². The number of phenols is 1. The molecule has 0 bridgehead atoms. The predicted octanol–water partition coefficient (Wildman–Crippen LogP) is 0.0568. The van der Waals surface area contributed by atoms with Crippen LogP contribution in [0.15, 0.2) is 54.6 Å². The second-order valence-corrected chi connectivity index (χ2v) is 9.11. The van der Waals surface area contributed by atoms with Crippen molar-refractivity contribution in [1.29, 1.82) is 0 Å². The maximum atomic E-state index is 12.5. The Bertz CT molecular complexity index is 1110. The molecule has 35 heavy (non-hydrogen) atoms. The summed E-state index contributed by atoms with van der Waals surface area (Å²) in [4.78, 5) is 36.3. The number of alkyl carbamates (subject to hydrolysis) is 1. The SMILES string of the molecule is C[C@H](NC(=O)CNC(=O)OCc1ccccc1)C(=O)NC(Cc1ccc(O)cc1)C(O)S(=O)(=O)O. The number of carbonyl (C=O) groups is 3. The van der Waals surface area contributed by atoms with Gasteiger partial charge in [-0.15, -0.1) is 0 Å². The molecular formula is C22H27N3O9S. The van der Waals surface area contributed by atoms with Crippen LogP contribution in [0.1, 0.15) is 18.1 Å². The van der Waals surface area contributed by atoms with Crippen LogP contribution in [0.4, 0.5) is 4.79 Å². The first-order valence-corrected chi connectivity index (χ1v) is 11.9. The lowest BCUT2D eigenvalue weighted by atomic mass is 10.1. The van der Waals surface area contributed by atoms with E-state index in [9.17, 15) is 37.6 Å². The standard InChI is InChI=1S/C22H27N3O9S/c1-14(24-19(27)12-23-22(30)34-13-16-5-3-2-4-6-16)20(28)25-18(21(29)35(31,32)33)11-15-7-9-17(26)10-8-15/h2-10,14,18,21,26,29H,11-13H2,1H3,(H,23,30)(H,24,27)(H,25,28)(H,31,32,33)/t14-,18?,21?/m0/s1. The van der Waals surface area contributed by atoms with E-state index in [1.807, 2.05) is 6.07 Å². The summed E-state index contributed by atoms with van der Waals surface area (Å²) in [6.07, 6.45) is -1.05. The van der Waals surface area contributed by atoms with Crippen molar-refractivity contribution in [3.05, 3.63) is 65.7 Å². The zero-order valence-corrected chi connectivity index (χ0v) is 19.6. The minimum atomic E-state index is -4.93. The molecule has 12 nitrogen and oxygen atoms in total. The molecule has 0 saturated carbocycles. The summed E-state index contributed by atoms with van der Waals surface area (Å²) in [5.74, 6) is -1.62. The number of carbonyl (C=O) groups excluding carboxylic acids is 3. The highest BCUT2D eigenvalue weighted by atomic mass is 32.2. The average Bonchev–Trinajstić information content (AvgIpc) is 2.81. The maximum absolute atomic E-state index is 12.5. The molecule has 13 heteroatoms. The van der Waals surface area contributed by atoms with Crippen molar-refractivity contribution >= 4 is 28.0 Å². The average molecular weight is 510 g/mol. The van der Waals surface area contributed by atoms with Gasteiger partial charge in [-0.25, -0.2) is 4.79 Å². The van der Waals surface area contributed by atoms with Gasteiger partial charge in [0.15, 0.2) is 0 Å². The van der Waals surface area contributed by atoms with E-state index >= 15 is 0 Å². The second kappa shape index (κ2) is 12.7. The van der Waals surface area contributed by atoms with E-state index in [4.69, 9.17) is 4.74 Å². The first-order valence-electron chi connectivity index (χ1n) is 10.4. The number of benzene rings is 2. The van der Waals surface area contributed by atoms with Crippen molar-refractivity contribution < 1.29 is 42.3 Å². The summed E-state index contributed by atoms with van der Waals surface area (Å²) in [7, 11) is -4.93. The normalized spacial score (nSPS) is 13.7. The molecule has 2 rings (SSSR count). The molecule has 0 aliphatic rings. The van der Waals surface area contributed by atoms with Crippen molar-refractivity contribution in [2.75, 3.05) is 6.54 Å². The van der Waals surface area contributed by atoms with Crippen LogP contribution in [-0.4, -0.2) is 65.2 Å². The second-order valence-electron chi connectivity index (χ2n) is 7.60. The van der Waals surface area contributed by atoms with Gasteiger partial charge in [0.05, 0.1) is 6.04 Å². The quantitative estimate of drug-likeness (QED) is 0.227. The van der Waals surface area contributed by atoms with E-state index in [2.05, 4.69) is 16.0 Å². The number of nitrogens with one attached hydrogen (secondary N) is 3. The first kappa shape index (κ1) is 27.6. The largest absolute Gasteiger partial charge is 0.508 e. The van der Waals surface area contributed by atoms with E-state index < -0.39 is 52.1 Å². The van der Waals surface area contributed by atoms with E-state index in [0.717, 1.165) is 5.56 Å². The molecule has 190 valence electrons. The zero-order valence-electron chi connectivity index (χ0n) is 18.7. The fraction of sp³-hybridized carbons (Fsp3) is 0.318. The van der Waals surface area contributed by atoms with Crippen LogP contribution in [0.2, 0.25) is 0 Å². The van der Waals surface area contributed by atoms with Crippen molar-refractivity contribution in [3.63, 3.8) is 0 Å². The van der Waals surface area contributed by atoms with Crippen LogP contribution in [0.5, 0.6) is 5.75 Å². The van der Waals surface area contributed by atoms with Gasteiger partial charge in [0.2, 0.25) is 17.3 Å². The smallest absolute Gasteiger partial charge is 0.407 e. The zero-order chi connectivity index (χ0) is 26.0. The molecule has 0 aliphatic heterocycles. The minimum Gasteiger partial charge on any atom is -0.508 e. The molecule has 3 atom stereocenters. The van der Waals surface area contributed by atoms with Gasteiger partial charge >= 0.3 is 6.09 Å². The topological polar surface area (TPSA) is 191 Å². The molecule has 2 unspecified atom stereocenters. The number of phenolic OH excluding ortho intramolecular Hbond substituents is 1. The van der Waals surface area contributed by atoms with Gasteiger partial charge < -0.3 is 30.9 Å². The van der Waals surface area contributed by atoms with Crippen LogP contribution in [0.3, 0.4) is 0 Å². The molecule has 0 radical (unpaired) electrons. The third-order valence-corrected chi connectivity index (χ3v) is 5.68. The van der Waals surface area contributed by atoms with Gasteiger partial charge in [0, 0.05) is 0 Å². The lowest BCUT2D eigenvalue weighted by molar-refractivity contribution is -0.128.